The first-order valence-electron chi connectivity index (χ1n) is 4.90. The lowest BCUT2D eigenvalue weighted by Gasteiger charge is -1.99. The first-order valence-corrected chi connectivity index (χ1v) is 4.90. The summed E-state index contributed by atoms with van der Waals surface area (Å²) in [6, 6.07) is 0. The molecule has 0 aromatic carbocycles. The second-order valence-electron chi connectivity index (χ2n) is 3.25. The van der Waals surface area contributed by atoms with Gasteiger partial charge in [0, 0.05) is 12.8 Å². The molecule has 7 nitrogen and oxygen atoms in total. The van der Waals surface area contributed by atoms with Crippen LogP contribution in [0.4, 0.5) is 0 Å². The van der Waals surface area contributed by atoms with E-state index in [4.69, 9.17) is 11.7 Å². The second kappa shape index (κ2) is 11.6. The van der Waals surface area contributed by atoms with Gasteiger partial charge in [-0.2, -0.15) is 0 Å². The molecule has 0 fully saturated rings. The summed E-state index contributed by atoms with van der Waals surface area (Å²) in [6.07, 6.45) is 1.95. The molecule has 0 aromatic rings. The molecule has 2 amide bonds. The third-order valence-electron chi connectivity index (χ3n) is 1.38. The van der Waals surface area contributed by atoms with Crippen LogP contribution in [0.3, 0.4) is 0 Å². The SMILES string of the molecule is CC(C)=O.NNC(=O)CCCCC(=O)NN. The van der Waals surface area contributed by atoms with Crippen LogP contribution in [0.1, 0.15) is 39.5 Å². The summed E-state index contributed by atoms with van der Waals surface area (Å²) in [4.78, 5) is 30.6. The number of hydrogen-bond donors (Lipinski definition) is 4. The van der Waals surface area contributed by atoms with E-state index in [0.717, 1.165) is 0 Å². The van der Waals surface area contributed by atoms with Crippen LogP contribution in [0.5, 0.6) is 0 Å². The summed E-state index contributed by atoms with van der Waals surface area (Å²) in [7, 11) is 0. The van der Waals surface area contributed by atoms with Crippen LogP contribution in [0, 0.1) is 0 Å². The Kier molecular flexibility index (Phi) is 12.3. The molecule has 0 heterocycles. The summed E-state index contributed by atoms with van der Waals surface area (Å²) in [5.41, 5.74) is 4.01. The van der Waals surface area contributed by atoms with Crippen molar-refractivity contribution in [2.24, 2.45) is 11.7 Å². The van der Waals surface area contributed by atoms with E-state index in [9.17, 15) is 14.4 Å². The van der Waals surface area contributed by atoms with Crippen molar-refractivity contribution in [1.82, 2.24) is 10.9 Å². The van der Waals surface area contributed by atoms with Gasteiger partial charge in [0.25, 0.3) is 0 Å². The molecule has 0 atom stereocenters. The number of rotatable bonds is 5. The van der Waals surface area contributed by atoms with Crippen LogP contribution in [0.25, 0.3) is 0 Å². The number of nitrogens with one attached hydrogen (secondary N) is 2. The summed E-state index contributed by atoms with van der Waals surface area (Å²) < 4.78 is 0. The fraction of sp³-hybridized carbons (Fsp3) is 0.667. The predicted molar refractivity (Wildman–Crippen MR) is 59.5 cm³/mol. The molecule has 0 aliphatic rings. The summed E-state index contributed by atoms with van der Waals surface area (Å²) >= 11 is 0. The monoisotopic (exact) mass is 232 g/mol. The molecule has 7 heteroatoms. The van der Waals surface area contributed by atoms with Gasteiger partial charge in [0.05, 0.1) is 0 Å². The highest BCUT2D eigenvalue weighted by molar-refractivity contribution is 5.76. The van der Waals surface area contributed by atoms with Crippen molar-refractivity contribution in [3.05, 3.63) is 0 Å². The Morgan fingerprint density at radius 2 is 1.12 bits per heavy atom. The predicted octanol–water partition coefficient (Wildman–Crippen LogP) is -0.878. The highest BCUT2D eigenvalue weighted by atomic mass is 16.2. The third kappa shape index (κ3) is 18.3. The Morgan fingerprint density at radius 1 is 0.875 bits per heavy atom. The lowest BCUT2D eigenvalue weighted by molar-refractivity contribution is -0.123. The van der Waals surface area contributed by atoms with Gasteiger partial charge in [0.1, 0.15) is 5.78 Å². The molecule has 6 N–H and O–H groups in total. The molecule has 0 saturated carbocycles. The van der Waals surface area contributed by atoms with Gasteiger partial charge in [-0.3, -0.25) is 20.4 Å². The van der Waals surface area contributed by atoms with E-state index < -0.39 is 0 Å². The Labute approximate surface area is 94.9 Å². The van der Waals surface area contributed by atoms with Gasteiger partial charge in [-0.05, 0) is 26.7 Å². The quantitative estimate of drug-likeness (QED) is 0.212. The van der Waals surface area contributed by atoms with E-state index in [2.05, 4.69) is 0 Å². The van der Waals surface area contributed by atoms with Gasteiger partial charge in [0.15, 0.2) is 0 Å². The number of carbonyl (C=O) groups excluding carboxylic acids is 3. The number of hydrazine groups is 2. The van der Waals surface area contributed by atoms with E-state index in [1.165, 1.54) is 13.8 Å². The van der Waals surface area contributed by atoms with Crippen molar-refractivity contribution in [2.75, 3.05) is 0 Å². The molecule has 0 radical (unpaired) electrons. The number of carbonyl (C=O) groups is 3. The van der Waals surface area contributed by atoms with Gasteiger partial charge in [-0.15, -0.1) is 0 Å². The van der Waals surface area contributed by atoms with E-state index in [-0.39, 0.29) is 17.6 Å². The van der Waals surface area contributed by atoms with E-state index in [0.29, 0.717) is 25.7 Å². The molecule has 0 aromatic heterocycles. The maximum atomic E-state index is 10.6. The van der Waals surface area contributed by atoms with Crippen molar-refractivity contribution in [3.63, 3.8) is 0 Å². The van der Waals surface area contributed by atoms with Crippen molar-refractivity contribution in [3.8, 4) is 0 Å². The van der Waals surface area contributed by atoms with Crippen LogP contribution in [-0.2, 0) is 14.4 Å². The molecule has 0 aliphatic heterocycles. The molecule has 0 unspecified atom stereocenters. The Morgan fingerprint density at radius 3 is 1.31 bits per heavy atom. The fourth-order valence-corrected chi connectivity index (χ4v) is 0.715. The number of nitrogens with two attached hydrogens (primary N) is 2. The minimum Gasteiger partial charge on any atom is -0.300 e. The van der Waals surface area contributed by atoms with Gasteiger partial charge in [-0.25, -0.2) is 11.7 Å². The smallest absolute Gasteiger partial charge is 0.233 e. The number of amides is 2. The molecule has 94 valence electrons. The highest BCUT2D eigenvalue weighted by Crippen LogP contribution is 1.98. The molecule has 0 aliphatic carbocycles. The molecular weight excluding hydrogens is 212 g/mol. The Bertz CT molecular complexity index is 209. The normalized spacial score (nSPS) is 8.50. The lowest BCUT2D eigenvalue weighted by atomic mass is 10.2. The number of ketones is 1. The molecule has 0 bridgehead atoms. The molecular formula is C9H20N4O3. The number of unbranched alkanes of at least 4 members (excludes halogenated alkanes) is 1. The maximum absolute atomic E-state index is 10.6. The molecule has 0 saturated heterocycles. The zero-order valence-corrected chi connectivity index (χ0v) is 9.71. The zero-order valence-electron chi connectivity index (χ0n) is 9.71. The van der Waals surface area contributed by atoms with Gasteiger partial charge in [-0.1, -0.05) is 0 Å². The molecule has 0 rings (SSSR count). The van der Waals surface area contributed by atoms with E-state index in [1.807, 2.05) is 10.9 Å². The largest absolute Gasteiger partial charge is 0.300 e. The first-order chi connectivity index (χ1) is 7.43. The number of Topliss-reactive ketones (excluding diaryl/α,β-unsaturated/α-hetero) is 1. The second-order valence-corrected chi connectivity index (χ2v) is 3.25. The van der Waals surface area contributed by atoms with Crippen molar-refractivity contribution in [1.29, 1.82) is 0 Å². The average Bonchev–Trinajstić information content (AvgIpc) is 2.22. The summed E-state index contributed by atoms with van der Waals surface area (Å²) in [5.74, 6) is 9.41. The standard InChI is InChI=1S/C6H14N4O2.C3H6O/c7-9-5(11)3-1-2-4-6(12)10-8;1-3(2)4/h1-4,7-8H2,(H,9,11)(H,10,12);1-2H3. The number of hydrogen-bond acceptors (Lipinski definition) is 5. The molecule has 16 heavy (non-hydrogen) atoms. The Hall–Kier alpha value is -1.47. The Balaban J connectivity index is 0. The van der Waals surface area contributed by atoms with Crippen LogP contribution in [0.15, 0.2) is 0 Å². The summed E-state index contributed by atoms with van der Waals surface area (Å²) in [6.45, 7) is 3.06. The van der Waals surface area contributed by atoms with Crippen molar-refractivity contribution in [2.45, 2.75) is 39.5 Å². The topological polar surface area (TPSA) is 127 Å². The van der Waals surface area contributed by atoms with Gasteiger partial charge >= 0.3 is 0 Å². The van der Waals surface area contributed by atoms with Crippen LogP contribution >= 0.6 is 0 Å². The van der Waals surface area contributed by atoms with E-state index >= 15 is 0 Å². The average molecular weight is 232 g/mol. The van der Waals surface area contributed by atoms with Crippen LogP contribution in [-0.4, -0.2) is 17.6 Å². The zero-order chi connectivity index (χ0) is 13.0. The third-order valence-corrected chi connectivity index (χ3v) is 1.38. The van der Waals surface area contributed by atoms with Gasteiger partial charge < -0.3 is 4.79 Å². The first kappa shape index (κ1) is 16.9. The van der Waals surface area contributed by atoms with Gasteiger partial charge in [0.2, 0.25) is 11.8 Å². The van der Waals surface area contributed by atoms with E-state index in [1.54, 1.807) is 0 Å². The highest BCUT2D eigenvalue weighted by Gasteiger charge is 2.00. The summed E-state index contributed by atoms with van der Waals surface area (Å²) in [5, 5.41) is 0. The fourth-order valence-electron chi connectivity index (χ4n) is 0.715. The molecule has 0 spiro atoms. The van der Waals surface area contributed by atoms with Crippen LogP contribution in [0.2, 0.25) is 0 Å². The van der Waals surface area contributed by atoms with Crippen molar-refractivity contribution < 1.29 is 14.4 Å². The van der Waals surface area contributed by atoms with Crippen molar-refractivity contribution >= 4 is 17.6 Å². The minimum absolute atomic E-state index is 0.167. The lowest BCUT2D eigenvalue weighted by Crippen LogP contribution is -2.30. The maximum Gasteiger partial charge on any atom is 0.233 e. The van der Waals surface area contributed by atoms with Crippen LogP contribution < -0.4 is 22.5 Å². The minimum atomic E-state index is -0.219.